The SMILES string of the molecule is O=S(=O)(O[I+](c1ccccc1)c1ccccc1)C(F)(F)C(F)(F)C(F)(F)C(F)(F)F. The molecule has 0 amide bonds. The zero-order valence-electron chi connectivity index (χ0n) is 14.2. The highest BCUT2D eigenvalue weighted by Crippen LogP contribution is 2.54. The Morgan fingerprint density at radius 3 is 1.33 bits per heavy atom. The third-order valence-corrected chi connectivity index (χ3v) is 10.8. The Kier molecular flexibility index (Phi) is 6.74. The second kappa shape index (κ2) is 8.18. The third kappa shape index (κ3) is 4.26. The summed E-state index contributed by atoms with van der Waals surface area (Å²) in [6.45, 7) is 0. The zero-order chi connectivity index (χ0) is 23.0. The maximum Gasteiger partial charge on any atom is 0.460 e. The van der Waals surface area contributed by atoms with Gasteiger partial charge in [-0.05, 0) is 26.8 Å². The van der Waals surface area contributed by atoms with Crippen molar-refractivity contribution in [1.82, 2.24) is 0 Å². The van der Waals surface area contributed by atoms with Gasteiger partial charge in [0.05, 0.1) is 0 Å². The van der Waals surface area contributed by atoms with Gasteiger partial charge in [0.1, 0.15) is 0 Å². The molecule has 0 heterocycles. The van der Waals surface area contributed by atoms with Crippen molar-refractivity contribution in [2.75, 3.05) is 0 Å². The Bertz CT molecular complexity index is 925. The van der Waals surface area contributed by atoms with Gasteiger partial charge in [-0.2, -0.15) is 47.9 Å². The van der Waals surface area contributed by atoms with E-state index < -0.39 is 53.6 Å². The lowest BCUT2D eigenvalue weighted by Crippen LogP contribution is -3.85. The molecule has 0 fully saturated rings. The van der Waals surface area contributed by atoms with Crippen LogP contribution in [-0.4, -0.2) is 31.7 Å². The molecular formula is C16H10F9IO3S+. The summed E-state index contributed by atoms with van der Waals surface area (Å²) in [5, 5.41) is -6.89. The molecule has 14 heteroatoms. The van der Waals surface area contributed by atoms with Gasteiger partial charge in [-0.1, -0.05) is 36.4 Å². The van der Waals surface area contributed by atoms with E-state index >= 15 is 0 Å². The summed E-state index contributed by atoms with van der Waals surface area (Å²) >= 11 is -3.99. The maximum atomic E-state index is 14.0. The second-order valence-electron chi connectivity index (χ2n) is 5.52. The van der Waals surface area contributed by atoms with E-state index in [-0.39, 0.29) is 7.14 Å². The standard InChI is InChI=1S/C16H10F9IO3S/c17-13(18,15(21,22)23)14(19,20)16(24,25)30(27,28)29-26(11-7-3-1-4-8-11)12-9-5-2-6-10-12/h1-10H/q+1. The van der Waals surface area contributed by atoms with Crippen LogP contribution in [0.2, 0.25) is 0 Å². The van der Waals surface area contributed by atoms with Gasteiger partial charge < -0.3 is 0 Å². The molecule has 0 aliphatic carbocycles. The van der Waals surface area contributed by atoms with Crippen molar-refractivity contribution in [2.24, 2.45) is 0 Å². The van der Waals surface area contributed by atoms with Crippen LogP contribution >= 0.6 is 0 Å². The highest BCUT2D eigenvalue weighted by Gasteiger charge is 2.86. The van der Waals surface area contributed by atoms with Crippen molar-refractivity contribution in [1.29, 1.82) is 0 Å². The quantitative estimate of drug-likeness (QED) is 0.373. The van der Waals surface area contributed by atoms with Gasteiger partial charge in [0, 0.05) is 0 Å². The van der Waals surface area contributed by atoms with Crippen molar-refractivity contribution < 1.29 is 70.7 Å². The van der Waals surface area contributed by atoms with Crippen LogP contribution in [-0.2, 0) is 12.6 Å². The topological polar surface area (TPSA) is 43.4 Å². The molecule has 0 N–H and O–H groups in total. The van der Waals surface area contributed by atoms with Crippen molar-refractivity contribution in [3.63, 3.8) is 0 Å². The smallest absolute Gasteiger partial charge is 0.191 e. The molecule has 2 aromatic rings. The van der Waals surface area contributed by atoms with E-state index in [0.29, 0.717) is 0 Å². The number of rotatable bonds is 7. The van der Waals surface area contributed by atoms with E-state index in [1.807, 2.05) is 0 Å². The molecule has 0 bridgehead atoms. The van der Waals surface area contributed by atoms with Gasteiger partial charge in [0.25, 0.3) is 0 Å². The monoisotopic (exact) mass is 580 g/mol. The summed E-state index contributed by atoms with van der Waals surface area (Å²) in [5.74, 6) is -14.7. The average Bonchev–Trinajstić information content (AvgIpc) is 2.66. The van der Waals surface area contributed by atoms with Gasteiger partial charge in [-0.3, -0.25) is 0 Å². The normalized spacial score (nSPS) is 14.2. The summed E-state index contributed by atoms with van der Waals surface area (Å²) in [7, 11) is -6.95. The van der Waals surface area contributed by atoms with E-state index in [4.69, 9.17) is 0 Å². The third-order valence-electron chi connectivity index (χ3n) is 3.44. The lowest BCUT2D eigenvalue weighted by Gasteiger charge is -2.31. The first-order chi connectivity index (χ1) is 13.6. The number of benzene rings is 2. The summed E-state index contributed by atoms with van der Waals surface area (Å²) in [6.07, 6.45) is -7.15. The minimum absolute atomic E-state index is 0.0156. The number of alkyl halides is 9. The minimum atomic E-state index is -7.35. The Labute approximate surface area is 171 Å². The first-order valence-electron chi connectivity index (χ1n) is 7.51. The van der Waals surface area contributed by atoms with Crippen LogP contribution in [0.1, 0.15) is 0 Å². The Hall–Kier alpha value is -1.55. The molecule has 0 aromatic heterocycles. The number of hydrogen-bond acceptors (Lipinski definition) is 3. The molecule has 30 heavy (non-hydrogen) atoms. The second-order valence-corrected chi connectivity index (χ2v) is 12.1. The van der Waals surface area contributed by atoms with Crippen LogP contribution in [0.5, 0.6) is 0 Å². The highest BCUT2D eigenvalue weighted by molar-refractivity contribution is 7.87. The first kappa shape index (κ1) is 24.7. The van der Waals surface area contributed by atoms with E-state index in [1.54, 1.807) is 0 Å². The van der Waals surface area contributed by atoms with Gasteiger partial charge in [0.15, 0.2) is 7.14 Å². The largest absolute Gasteiger partial charge is 0.460 e. The summed E-state index contributed by atoms with van der Waals surface area (Å²) < 4.78 is 146. The molecule has 1 radical (unpaired) electrons. The van der Waals surface area contributed by atoms with E-state index in [1.165, 1.54) is 60.7 Å². The van der Waals surface area contributed by atoms with Crippen molar-refractivity contribution in [2.45, 2.75) is 23.3 Å². The number of hydrogen-bond donors (Lipinski definition) is 0. The lowest BCUT2D eigenvalue weighted by atomic mass is 10.1. The summed E-state index contributed by atoms with van der Waals surface area (Å²) in [4.78, 5) is 0. The zero-order valence-corrected chi connectivity index (χ0v) is 17.2. The fourth-order valence-corrected chi connectivity index (χ4v) is 8.93. The molecule has 0 saturated heterocycles. The molecule has 167 valence electrons. The van der Waals surface area contributed by atoms with E-state index in [9.17, 15) is 47.9 Å². The Morgan fingerprint density at radius 2 is 1.00 bits per heavy atom. The van der Waals surface area contributed by atoms with Crippen LogP contribution < -0.4 is 20.2 Å². The van der Waals surface area contributed by atoms with Crippen LogP contribution in [0, 0.1) is 7.14 Å². The lowest BCUT2D eigenvalue weighted by molar-refractivity contribution is -1.03. The minimum Gasteiger partial charge on any atom is -0.191 e. The maximum absolute atomic E-state index is 14.0. The van der Waals surface area contributed by atoms with Gasteiger partial charge in [-0.15, -0.1) is 0 Å². The van der Waals surface area contributed by atoms with Crippen molar-refractivity contribution in [3.8, 4) is 0 Å². The predicted octanol–water partition coefficient (Wildman–Crippen LogP) is 2.04. The van der Waals surface area contributed by atoms with E-state index in [2.05, 4.69) is 2.51 Å². The molecule has 0 aliphatic rings. The fourth-order valence-electron chi connectivity index (χ4n) is 1.90. The summed E-state index contributed by atoms with van der Waals surface area (Å²) in [5.41, 5.74) is 0. The molecule has 2 aromatic carbocycles. The molecule has 0 unspecified atom stereocenters. The predicted molar refractivity (Wildman–Crippen MR) is 81.2 cm³/mol. The highest BCUT2D eigenvalue weighted by atomic mass is 127. The van der Waals surface area contributed by atoms with Gasteiger partial charge in [-0.25, -0.2) is 0 Å². The molecular weight excluding hydrogens is 570 g/mol. The van der Waals surface area contributed by atoms with Gasteiger partial charge >= 0.3 is 53.6 Å². The molecule has 0 saturated carbocycles. The van der Waals surface area contributed by atoms with Crippen molar-refractivity contribution >= 4 is 10.1 Å². The molecule has 0 spiro atoms. The van der Waals surface area contributed by atoms with Crippen molar-refractivity contribution in [3.05, 3.63) is 67.8 Å². The summed E-state index contributed by atoms with van der Waals surface area (Å²) in [6, 6.07) is 13.1. The van der Waals surface area contributed by atoms with Gasteiger partial charge in [0.2, 0.25) is 0 Å². The number of halogens is 10. The molecule has 0 atom stereocenters. The molecule has 0 aliphatic heterocycles. The fraction of sp³-hybridized carbons (Fsp3) is 0.250. The first-order valence-corrected chi connectivity index (χ1v) is 12.0. The molecule has 2 rings (SSSR count). The van der Waals surface area contributed by atoms with E-state index in [0.717, 1.165) is 0 Å². The Balaban J connectivity index is 2.55. The van der Waals surface area contributed by atoms with Crippen LogP contribution in [0.3, 0.4) is 0 Å². The molecule has 3 nitrogen and oxygen atoms in total. The Morgan fingerprint density at radius 1 is 0.633 bits per heavy atom. The van der Waals surface area contributed by atoms with Crippen LogP contribution in [0.25, 0.3) is 0 Å². The van der Waals surface area contributed by atoms with Crippen LogP contribution in [0.15, 0.2) is 60.7 Å². The average molecular weight is 580 g/mol. The van der Waals surface area contributed by atoms with Crippen LogP contribution in [0.4, 0.5) is 39.5 Å².